The number of hydrogen-bond donors (Lipinski definition) is 1. The van der Waals surface area contributed by atoms with E-state index in [9.17, 15) is 0 Å². The highest BCUT2D eigenvalue weighted by molar-refractivity contribution is 5.82. The van der Waals surface area contributed by atoms with Gasteiger partial charge < -0.3 is 14.6 Å². The van der Waals surface area contributed by atoms with E-state index in [1.807, 2.05) is 60.1 Å². The van der Waals surface area contributed by atoms with Crippen molar-refractivity contribution in [2.75, 3.05) is 11.9 Å². The zero-order chi connectivity index (χ0) is 17.8. The number of aromatic nitrogens is 4. The zero-order valence-corrected chi connectivity index (χ0v) is 14.4. The van der Waals surface area contributed by atoms with Gasteiger partial charge in [0.15, 0.2) is 11.5 Å². The highest BCUT2D eigenvalue weighted by atomic mass is 16.5. The van der Waals surface area contributed by atoms with Crippen LogP contribution < -0.4 is 10.1 Å². The minimum atomic E-state index is -0.0727. The van der Waals surface area contributed by atoms with E-state index in [1.54, 1.807) is 12.7 Å². The van der Waals surface area contributed by atoms with Crippen molar-refractivity contribution in [2.24, 2.45) is 7.05 Å². The van der Waals surface area contributed by atoms with Crippen molar-refractivity contribution in [1.82, 2.24) is 19.5 Å². The van der Waals surface area contributed by atoms with Gasteiger partial charge in [0.25, 0.3) is 0 Å². The molecule has 2 aromatic heterocycles. The number of nitrogens with one attached hydrogen (secondary N) is 1. The van der Waals surface area contributed by atoms with Gasteiger partial charge in [0.05, 0.1) is 12.4 Å². The van der Waals surface area contributed by atoms with Crippen LogP contribution >= 0.6 is 0 Å². The van der Waals surface area contributed by atoms with E-state index in [0.717, 1.165) is 22.5 Å². The number of anilines is 1. The van der Waals surface area contributed by atoms with Crippen LogP contribution in [0.4, 0.5) is 5.82 Å². The molecule has 0 aliphatic heterocycles. The van der Waals surface area contributed by atoms with Gasteiger partial charge in [-0.2, -0.15) is 0 Å². The topological polar surface area (TPSA) is 64.9 Å². The molecule has 0 saturated heterocycles. The molecule has 2 heterocycles. The monoisotopic (exact) mass is 345 g/mol. The molecule has 1 N–H and O–H groups in total. The zero-order valence-electron chi connectivity index (χ0n) is 14.4. The first-order chi connectivity index (χ1) is 12.8. The molecule has 0 aliphatic rings. The van der Waals surface area contributed by atoms with Crippen LogP contribution in [0.1, 0.15) is 11.6 Å². The van der Waals surface area contributed by atoms with E-state index in [1.165, 1.54) is 0 Å². The maximum atomic E-state index is 5.98. The summed E-state index contributed by atoms with van der Waals surface area (Å²) >= 11 is 0. The predicted molar refractivity (Wildman–Crippen MR) is 101 cm³/mol. The van der Waals surface area contributed by atoms with Crippen molar-refractivity contribution in [1.29, 1.82) is 0 Å². The molecule has 6 nitrogen and oxygen atoms in total. The summed E-state index contributed by atoms with van der Waals surface area (Å²) in [6.45, 7) is 0.465. The highest BCUT2D eigenvalue weighted by Crippen LogP contribution is 2.24. The average molecular weight is 345 g/mol. The minimum Gasteiger partial charge on any atom is -0.491 e. The van der Waals surface area contributed by atoms with Gasteiger partial charge in [-0.05, 0) is 17.7 Å². The van der Waals surface area contributed by atoms with Crippen molar-refractivity contribution in [3.63, 3.8) is 0 Å². The van der Waals surface area contributed by atoms with Gasteiger partial charge in [0.2, 0.25) is 0 Å². The second-order valence-corrected chi connectivity index (χ2v) is 5.98. The van der Waals surface area contributed by atoms with Crippen LogP contribution in [0.15, 0.2) is 73.3 Å². The van der Waals surface area contributed by atoms with Gasteiger partial charge in [-0.3, -0.25) is 0 Å². The Morgan fingerprint density at radius 1 is 0.962 bits per heavy atom. The summed E-state index contributed by atoms with van der Waals surface area (Å²) in [5.74, 6) is 1.53. The van der Waals surface area contributed by atoms with Crippen molar-refractivity contribution in [3.8, 4) is 5.75 Å². The van der Waals surface area contributed by atoms with Crippen molar-refractivity contribution < 1.29 is 4.74 Å². The third-order valence-electron chi connectivity index (χ3n) is 4.17. The molecule has 4 rings (SSSR count). The maximum absolute atomic E-state index is 5.98. The third-order valence-corrected chi connectivity index (χ3v) is 4.17. The molecule has 4 aromatic rings. The Labute approximate surface area is 151 Å². The first kappa shape index (κ1) is 16.1. The number of nitrogens with zero attached hydrogens (tertiary/aromatic N) is 4. The number of benzene rings is 2. The standard InChI is InChI=1S/C20H19N5O/c1-25-14-23-18-19(21-13-22-20(18)25)24-17(15-8-4-2-5-9-15)12-26-16-10-6-3-7-11-16/h2-11,13-14,17H,12H2,1H3,(H,21,22,24). The number of rotatable bonds is 6. The van der Waals surface area contributed by atoms with Crippen molar-refractivity contribution in [2.45, 2.75) is 6.04 Å². The second kappa shape index (κ2) is 7.23. The number of para-hydroxylation sites is 1. The molecule has 0 spiro atoms. The fourth-order valence-corrected chi connectivity index (χ4v) is 2.82. The first-order valence-corrected chi connectivity index (χ1v) is 8.42. The van der Waals surface area contributed by atoms with Crippen LogP contribution in [0.25, 0.3) is 11.2 Å². The summed E-state index contributed by atoms with van der Waals surface area (Å²) in [6.07, 6.45) is 3.29. The number of imidazole rings is 1. The van der Waals surface area contributed by atoms with Crippen LogP contribution in [-0.4, -0.2) is 26.1 Å². The Hall–Kier alpha value is -3.41. The molecule has 26 heavy (non-hydrogen) atoms. The summed E-state index contributed by atoms with van der Waals surface area (Å²) in [5, 5.41) is 3.47. The Morgan fingerprint density at radius 3 is 2.46 bits per heavy atom. The molecule has 130 valence electrons. The fraction of sp³-hybridized carbons (Fsp3) is 0.150. The largest absolute Gasteiger partial charge is 0.491 e. The van der Waals surface area contributed by atoms with Crippen LogP contribution in [0, 0.1) is 0 Å². The van der Waals surface area contributed by atoms with Crippen LogP contribution in [0.5, 0.6) is 5.75 Å². The van der Waals surface area contributed by atoms with E-state index in [4.69, 9.17) is 4.74 Å². The lowest BCUT2D eigenvalue weighted by molar-refractivity contribution is 0.299. The molecular formula is C20H19N5O. The number of aryl methyl sites for hydroxylation is 1. The molecule has 6 heteroatoms. The van der Waals surface area contributed by atoms with E-state index in [2.05, 4.69) is 32.4 Å². The summed E-state index contributed by atoms with van der Waals surface area (Å²) in [6, 6.07) is 19.9. The normalized spacial score (nSPS) is 12.0. The lowest BCUT2D eigenvalue weighted by atomic mass is 10.1. The molecule has 0 fully saturated rings. The number of fused-ring (bicyclic) bond motifs is 1. The molecule has 1 atom stereocenters. The van der Waals surface area contributed by atoms with Gasteiger partial charge >= 0.3 is 0 Å². The summed E-state index contributed by atoms with van der Waals surface area (Å²) in [5.41, 5.74) is 2.65. The van der Waals surface area contributed by atoms with Crippen molar-refractivity contribution >= 4 is 17.0 Å². The van der Waals surface area contributed by atoms with Gasteiger partial charge in [0, 0.05) is 7.05 Å². The van der Waals surface area contributed by atoms with E-state index in [0.29, 0.717) is 12.4 Å². The SMILES string of the molecule is Cn1cnc2c(NC(COc3ccccc3)c3ccccc3)ncnc21. The van der Waals surface area contributed by atoms with E-state index < -0.39 is 0 Å². The molecule has 1 unspecified atom stereocenters. The van der Waals surface area contributed by atoms with Crippen LogP contribution in [-0.2, 0) is 7.05 Å². The Bertz CT molecular complexity index is 985. The molecule has 0 radical (unpaired) electrons. The molecule has 0 saturated carbocycles. The Morgan fingerprint density at radius 2 is 1.69 bits per heavy atom. The minimum absolute atomic E-state index is 0.0727. The van der Waals surface area contributed by atoms with E-state index >= 15 is 0 Å². The van der Waals surface area contributed by atoms with Crippen LogP contribution in [0.3, 0.4) is 0 Å². The highest BCUT2D eigenvalue weighted by Gasteiger charge is 2.16. The molecule has 0 aliphatic carbocycles. The third kappa shape index (κ3) is 3.35. The van der Waals surface area contributed by atoms with Gasteiger partial charge in [0.1, 0.15) is 24.2 Å². The lowest BCUT2D eigenvalue weighted by Gasteiger charge is -2.20. The molecule has 2 aromatic carbocycles. The smallest absolute Gasteiger partial charge is 0.165 e. The average Bonchev–Trinajstić information content (AvgIpc) is 3.08. The van der Waals surface area contributed by atoms with Crippen molar-refractivity contribution in [3.05, 3.63) is 78.9 Å². The summed E-state index contributed by atoms with van der Waals surface area (Å²) in [4.78, 5) is 13.1. The number of ether oxygens (including phenoxy) is 1. The number of hydrogen-bond acceptors (Lipinski definition) is 5. The summed E-state index contributed by atoms with van der Waals surface area (Å²) < 4.78 is 7.86. The fourth-order valence-electron chi connectivity index (χ4n) is 2.82. The predicted octanol–water partition coefficient (Wildman–Crippen LogP) is 3.60. The first-order valence-electron chi connectivity index (χ1n) is 8.42. The Balaban J connectivity index is 1.62. The van der Waals surface area contributed by atoms with Gasteiger partial charge in [-0.15, -0.1) is 0 Å². The quantitative estimate of drug-likeness (QED) is 0.578. The molecule has 0 bridgehead atoms. The van der Waals surface area contributed by atoms with Gasteiger partial charge in [-0.25, -0.2) is 15.0 Å². The lowest BCUT2D eigenvalue weighted by Crippen LogP contribution is -2.20. The Kier molecular flexibility index (Phi) is 4.47. The summed E-state index contributed by atoms with van der Waals surface area (Å²) in [7, 11) is 1.92. The second-order valence-electron chi connectivity index (χ2n) is 5.98. The molecular weight excluding hydrogens is 326 g/mol. The molecule has 0 amide bonds. The maximum Gasteiger partial charge on any atom is 0.165 e. The van der Waals surface area contributed by atoms with E-state index in [-0.39, 0.29) is 6.04 Å². The van der Waals surface area contributed by atoms with Crippen LogP contribution in [0.2, 0.25) is 0 Å². The van der Waals surface area contributed by atoms with Gasteiger partial charge in [-0.1, -0.05) is 48.5 Å².